The highest BCUT2D eigenvalue weighted by Crippen LogP contribution is 2.22. The third-order valence-corrected chi connectivity index (χ3v) is 5.42. The number of thiazole rings is 1. The number of nitrogens with zero attached hydrogens (tertiary/aromatic N) is 3. The van der Waals surface area contributed by atoms with Gasteiger partial charge in [-0.2, -0.15) is 0 Å². The van der Waals surface area contributed by atoms with E-state index in [0.29, 0.717) is 39.4 Å². The number of likely N-dealkylation sites (N-methyl/N-ethyl adjacent to an activating group) is 2. The lowest BCUT2D eigenvalue weighted by Gasteiger charge is -2.22. The van der Waals surface area contributed by atoms with Crippen molar-refractivity contribution in [3.8, 4) is 5.75 Å². The summed E-state index contributed by atoms with van der Waals surface area (Å²) in [5.74, 6) is 0.412. The van der Waals surface area contributed by atoms with E-state index in [1.165, 1.54) is 16.2 Å². The van der Waals surface area contributed by atoms with Crippen LogP contribution >= 0.6 is 22.9 Å². The Kier molecular flexibility index (Phi) is 7.62. The highest BCUT2D eigenvalue weighted by molar-refractivity contribution is 7.13. The molecule has 0 aliphatic heterocycles. The number of benzene rings is 1. The first-order valence-electron chi connectivity index (χ1n) is 8.73. The number of hydrogen-bond acceptors (Lipinski definition) is 5. The van der Waals surface area contributed by atoms with Crippen molar-refractivity contribution in [1.82, 2.24) is 14.8 Å². The van der Waals surface area contributed by atoms with Crippen molar-refractivity contribution in [2.45, 2.75) is 27.4 Å². The van der Waals surface area contributed by atoms with Crippen LogP contribution in [0.4, 0.5) is 0 Å². The fourth-order valence-corrected chi connectivity index (χ4v) is 3.61. The smallest absolute Gasteiger partial charge is 0.266 e. The molecule has 0 aliphatic rings. The molecule has 0 fully saturated rings. The van der Waals surface area contributed by atoms with Gasteiger partial charge in [0.05, 0.1) is 12.2 Å². The molecule has 1 aromatic heterocycles. The molecule has 0 saturated heterocycles. The summed E-state index contributed by atoms with van der Waals surface area (Å²) >= 11 is 7.14. The number of ether oxygens (including phenoxy) is 1. The first kappa shape index (κ1) is 21.2. The molecular formula is C19H24ClN3O3S. The minimum atomic E-state index is -0.205. The van der Waals surface area contributed by atoms with Crippen molar-refractivity contribution >= 4 is 34.8 Å². The van der Waals surface area contributed by atoms with Gasteiger partial charge in [-0.1, -0.05) is 11.6 Å². The lowest BCUT2D eigenvalue weighted by atomic mass is 10.3. The van der Waals surface area contributed by atoms with Crippen molar-refractivity contribution in [1.29, 1.82) is 0 Å². The van der Waals surface area contributed by atoms with Crippen molar-refractivity contribution in [2.75, 3.05) is 26.7 Å². The molecule has 0 radical (unpaired) electrons. The molecule has 0 atom stereocenters. The van der Waals surface area contributed by atoms with Gasteiger partial charge in [-0.05, 0) is 45.0 Å². The molecule has 2 aromatic rings. The standard InChI is InChI=1S/C19H24ClN3O3S/c1-5-23(6-2)17(24)11-22(4)19(25)18-13(3)21-16(27-18)12-26-15-9-7-14(20)8-10-15/h7-10H,5-6,11-12H2,1-4H3. The summed E-state index contributed by atoms with van der Waals surface area (Å²) in [6.07, 6.45) is 0. The number of carbonyl (C=O) groups is 2. The van der Waals surface area contributed by atoms with Crippen molar-refractivity contribution in [3.63, 3.8) is 0 Å². The van der Waals surface area contributed by atoms with E-state index in [-0.39, 0.29) is 25.0 Å². The van der Waals surface area contributed by atoms with Crippen LogP contribution in [0, 0.1) is 6.92 Å². The van der Waals surface area contributed by atoms with Gasteiger partial charge in [0, 0.05) is 25.2 Å². The van der Waals surface area contributed by atoms with Gasteiger partial charge < -0.3 is 14.5 Å². The molecule has 2 amide bonds. The summed E-state index contributed by atoms with van der Waals surface area (Å²) in [7, 11) is 1.63. The Morgan fingerprint density at radius 2 is 1.81 bits per heavy atom. The Balaban J connectivity index is 2.00. The molecule has 1 heterocycles. The average Bonchev–Trinajstić information content (AvgIpc) is 3.02. The quantitative estimate of drug-likeness (QED) is 0.668. The highest BCUT2D eigenvalue weighted by atomic mass is 35.5. The van der Waals surface area contributed by atoms with Crippen molar-refractivity contribution < 1.29 is 14.3 Å². The zero-order valence-corrected chi connectivity index (χ0v) is 17.6. The normalized spacial score (nSPS) is 10.6. The molecule has 2 rings (SSSR count). The van der Waals surface area contributed by atoms with Crippen molar-refractivity contribution in [2.24, 2.45) is 0 Å². The van der Waals surface area contributed by atoms with Crippen LogP contribution in [-0.4, -0.2) is 53.3 Å². The molecule has 0 aliphatic carbocycles. The number of aryl methyl sites for hydroxylation is 1. The van der Waals surface area contributed by atoms with Crippen LogP contribution in [0.5, 0.6) is 5.75 Å². The Morgan fingerprint density at radius 3 is 2.41 bits per heavy atom. The molecule has 0 bridgehead atoms. The Bertz CT molecular complexity index is 788. The third-order valence-electron chi connectivity index (χ3n) is 4.05. The number of rotatable bonds is 8. The van der Waals surface area contributed by atoms with Gasteiger partial charge in [-0.25, -0.2) is 4.98 Å². The van der Waals surface area contributed by atoms with E-state index >= 15 is 0 Å². The van der Waals surface area contributed by atoms with Gasteiger partial charge in [0.1, 0.15) is 22.2 Å². The lowest BCUT2D eigenvalue weighted by molar-refractivity contribution is -0.131. The predicted octanol–water partition coefficient (Wildman–Crippen LogP) is 3.62. The topological polar surface area (TPSA) is 62.7 Å². The first-order valence-corrected chi connectivity index (χ1v) is 9.93. The Labute approximate surface area is 168 Å². The molecule has 1 aromatic carbocycles. The monoisotopic (exact) mass is 409 g/mol. The van der Waals surface area contributed by atoms with Crippen LogP contribution in [0.3, 0.4) is 0 Å². The van der Waals surface area contributed by atoms with Crippen molar-refractivity contribution in [3.05, 3.63) is 44.9 Å². The van der Waals surface area contributed by atoms with Crippen LogP contribution in [0.2, 0.25) is 5.02 Å². The first-order chi connectivity index (χ1) is 12.8. The second-order valence-corrected chi connectivity index (χ2v) is 7.51. The van der Waals surface area contributed by atoms with Gasteiger partial charge in [0.2, 0.25) is 5.91 Å². The second kappa shape index (κ2) is 9.71. The highest BCUT2D eigenvalue weighted by Gasteiger charge is 2.22. The van der Waals surface area contributed by atoms with Crippen LogP contribution in [-0.2, 0) is 11.4 Å². The minimum Gasteiger partial charge on any atom is -0.486 e. The number of carbonyl (C=O) groups excluding carboxylic acids is 2. The molecule has 8 heteroatoms. The van der Waals surface area contributed by atoms with Gasteiger partial charge in [0.15, 0.2) is 0 Å². The SMILES string of the molecule is CCN(CC)C(=O)CN(C)C(=O)c1sc(COc2ccc(Cl)cc2)nc1C. The minimum absolute atomic E-state index is 0.0501. The Hall–Kier alpha value is -2.12. The predicted molar refractivity (Wildman–Crippen MR) is 108 cm³/mol. The molecule has 27 heavy (non-hydrogen) atoms. The van der Waals surface area contributed by atoms with Gasteiger partial charge >= 0.3 is 0 Å². The number of hydrogen-bond donors (Lipinski definition) is 0. The van der Waals surface area contributed by atoms with E-state index in [9.17, 15) is 9.59 Å². The maximum absolute atomic E-state index is 12.7. The summed E-state index contributed by atoms with van der Waals surface area (Å²) in [6, 6.07) is 7.06. The van der Waals surface area contributed by atoms with Crippen LogP contribution in [0.1, 0.15) is 34.2 Å². The molecule has 0 unspecified atom stereocenters. The van der Waals surface area contributed by atoms with E-state index in [4.69, 9.17) is 16.3 Å². The van der Waals surface area contributed by atoms with E-state index in [1.54, 1.807) is 43.1 Å². The molecular weight excluding hydrogens is 386 g/mol. The number of aromatic nitrogens is 1. The van der Waals surface area contributed by atoms with E-state index in [0.717, 1.165) is 0 Å². The molecule has 146 valence electrons. The van der Waals surface area contributed by atoms with Crippen LogP contribution in [0.25, 0.3) is 0 Å². The maximum atomic E-state index is 12.7. The third kappa shape index (κ3) is 5.68. The fourth-order valence-electron chi connectivity index (χ4n) is 2.51. The maximum Gasteiger partial charge on any atom is 0.266 e. The van der Waals surface area contributed by atoms with Gasteiger partial charge in [-0.3, -0.25) is 9.59 Å². The van der Waals surface area contributed by atoms with E-state index in [2.05, 4.69) is 4.98 Å². The largest absolute Gasteiger partial charge is 0.486 e. The summed E-state index contributed by atoms with van der Waals surface area (Å²) in [5, 5.41) is 1.34. The lowest BCUT2D eigenvalue weighted by Crippen LogP contribution is -2.41. The number of amides is 2. The summed E-state index contributed by atoms with van der Waals surface area (Å²) < 4.78 is 5.68. The van der Waals surface area contributed by atoms with Crippen LogP contribution in [0.15, 0.2) is 24.3 Å². The zero-order valence-electron chi connectivity index (χ0n) is 16.0. The fraction of sp³-hybridized carbons (Fsp3) is 0.421. The second-order valence-electron chi connectivity index (χ2n) is 5.99. The molecule has 0 spiro atoms. The van der Waals surface area contributed by atoms with E-state index < -0.39 is 0 Å². The summed E-state index contributed by atoms with van der Waals surface area (Å²) in [6.45, 7) is 7.20. The molecule has 0 N–H and O–H groups in total. The summed E-state index contributed by atoms with van der Waals surface area (Å²) in [4.78, 5) is 33.0. The Morgan fingerprint density at radius 1 is 1.19 bits per heavy atom. The van der Waals surface area contributed by atoms with E-state index in [1.807, 2.05) is 13.8 Å². The van der Waals surface area contributed by atoms with Gasteiger partial charge in [0.25, 0.3) is 5.91 Å². The molecule has 0 saturated carbocycles. The zero-order chi connectivity index (χ0) is 20.0. The number of halogens is 1. The van der Waals surface area contributed by atoms with Gasteiger partial charge in [-0.15, -0.1) is 11.3 Å². The summed E-state index contributed by atoms with van der Waals surface area (Å²) in [5.41, 5.74) is 0.641. The molecule has 6 nitrogen and oxygen atoms in total. The average molecular weight is 410 g/mol. The van der Waals surface area contributed by atoms with Crippen LogP contribution < -0.4 is 4.74 Å².